The number of carbonyl (C=O) groups excluding carboxylic acids is 2. The number of hydrogen-bond acceptors (Lipinski definition) is 4. The molecule has 0 spiro atoms. The maximum absolute atomic E-state index is 12.3. The Kier molecular flexibility index (Phi) is 6.14. The molecule has 1 N–H and O–H groups in total. The van der Waals surface area contributed by atoms with Gasteiger partial charge in [0.05, 0.1) is 12.7 Å². The van der Waals surface area contributed by atoms with E-state index in [2.05, 4.69) is 17.0 Å². The maximum atomic E-state index is 12.3. The van der Waals surface area contributed by atoms with Crippen molar-refractivity contribution in [3.63, 3.8) is 0 Å². The summed E-state index contributed by atoms with van der Waals surface area (Å²) in [4.78, 5) is 23.7. The van der Waals surface area contributed by atoms with Crippen LogP contribution in [0.5, 0.6) is 0 Å². The summed E-state index contributed by atoms with van der Waals surface area (Å²) < 4.78 is 4.64. The van der Waals surface area contributed by atoms with Crippen LogP contribution < -0.4 is 5.32 Å². The summed E-state index contributed by atoms with van der Waals surface area (Å²) in [7, 11) is 1.32. The van der Waals surface area contributed by atoms with Crippen molar-refractivity contribution < 1.29 is 14.3 Å². The lowest BCUT2D eigenvalue weighted by molar-refractivity contribution is -0.118. The Morgan fingerprint density at radius 2 is 1.92 bits per heavy atom. The number of ether oxygens (including phenoxy) is 1. The third-order valence-corrected chi connectivity index (χ3v) is 4.44. The number of nitriles is 1. The Hall–Kier alpha value is -2.61. The quantitative estimate of drug-likeness (QED) is 0.524. The highest BCUT2D eigenvalue weighted by atomic mass is 16.5. The van der Waals surface area contributed by atoms with E-state index in [9.17, 15) is 14.9 Å². The summed E-state index contributed by atoms with van der Waals surface area (Å²) in [6.45, 7) is 2.13. The monoisotopic (exact) mass is 326 g/mol. The molecule has 0 bridgehead atoms. The van der Waals surface area contributed by atoms with E-state index < -0.39 is 5.97 Å². The molecule has 1 aromatic rings. The number of hydrogen-bond donors (Lipinski definition) is 1. The number of methoxy groups -OCH3 is 1. The van der Waals surface area contributed by atoms with Gasteiger partial charge in [0.1, 0.15) is 11.6 Å². The number of nitrogens with one attached hydrogen (secondary N) is 1. The molecule has 5 nitrogen and oxygen atoms in total. The molecule has 1 aliphatic carbocycles. The van der Waals surface area contributed by atoms with Crippen molar-refractivity contribution >= 4 is 18.0 Å². The van der Waals surface area contributed by atoms with E-state index >= 15 is 0 Å². The van der Waals surface area contributed by atoms with Crippen LogP contribution in [0.1, 0.15) is 48.5 Å². The van der Waals surface area contributed by atoms with Gasteiger partial charge in [0.2, 0.25) is 0 Å². The van der Waals surface area contributed by atoms with Gasteiger partial charge in [-0.2, -0.15) is 5.26 Å². The van der Waals surface area contributed by atoms with E-state index in [4.69, 9.17) is 0 Å². The van der Waals surface area contributed by atoms with Crippen molar-refractivity contribution in [3.05, 3.63) is 41.0 Å². The third-order valence-electron chi connectivity index (χ3n) is 4.44. The average molecular weight is 326 g/mol. The van der Waals surface area contributed by atoms with Gasteiger partial charge in [0.25, 0.3) is 5.91 Å². The zero-order valence-corrected chi connectivity index (χ0v) is 14.0. The van der Waals surface area contributed by atoms with Crippen LogP contribution in [-0.2, 0) is 9.53 Å². The summed E-state index contributed by atoms with van der Waals surface area (Å²) in [6, 6.07) is 8.66. The van der Waals surface area contributed by atoms with Gasteiger partial charge in [-0.05, 0) is 42.5 Å². The first-order valence-electron chi connectivity index (χ1n) is 8.16. The molecular formula is C19H22N2O3. The summed E-state index contributed by atoms with van der Waals surface area (Å²) in [5.41, 5.74) is 1.18. The lowest BCUT2D eigenvalue weighted by atomic mass is 9.86. The first-order valence-corrected chi connectivity index (χ1v) is 8.16. The zero-order chi connectivity index (χ0) is 17.5. The minimum absolute atomic E-state index is 0.0681. The van der Waals surface area contributed by atoms with E-state index in [1.165, 1.54) is 19.6 Å². The SMILES string of the molecule is COC(=O)c1ccc(/C=C(\C#N)C(=O)N[C@H]2CCCC[C@@H]2C)cc1. The highest BCUT2D eigenvalue weighted by Crippen LogP contribution is 2.24. The van der Waals surface area contributed by atoms with Crippen LogP contribution in [-0.4, -0.2) is 25.0 Å². The van der Waals surface area contributed by atoms with E-state index in [0.717, 1.165) is 19.3 Å². The fraction of sp³-hybridized carbons (Fsp3) is 0.421. The fourth-order valence-corrected chi connectivity index (χ4v) is 2.93. The average Bonchev–Trinajstić information content (AvgIpc) is 2.61. The molecule has 2 rings (SSSR count). The van der Waals surface area contributed by atoms with Crippen LogP contribution in [0.15, 0.2) is 29.8 Å². The molecule has 0 radical (unpaired) electrons. The summed E-state index contributed by atoms with van der Waals surface area (Å²) >= 11 is 0. The van der Waals surface area contributed by atoms with Crippen LogP contribution in [0.2, 0.25) is 0 Å². The molecule has 2 atom stereocenters. The van der Waals surface area contributed by atoms with E-state index in [-0.39, 0.29) is 17.5 Å². The molecule has 0 aromatic heterocycles. The summed E-state index contributed by atoms with van der Waals surface area (Å²) in [5.74, 6) is -0.328. The Bertz CT molecular complexity index is 671. The predicted octanol–water partition coefficient (Wildman–Crippen LogP) is 3.08. The van der Waals surface area contributed by atoms with E-state index in [1.807, 2.05) is 6.07 Å². The second-order valence-corrected chi connectivity index (χ2v) is 6.13. The summed E-state index contributed by atoms with van der Waals surface area (Å²) in [5, 5.41) is 12.3. The van der Waals surface area contributed by atoms with Gasteiger partial charge in [-0.1, -0.05) is 31.9 Å². The number of amides is 1. The number of nitrogens with zero attached hydrogens (tertiary/aromatic N) is 1. The minimum atomic E-state index is -0.421. The van der Waals surface area contributed by atoms with Gasteiger partial charge in [-0.3, -0.25) is 4.79 Å². The highest BCUT2D eigenvalue weighted by Gasteiger charge is 2.24. The standard InChI is InChI=1S/C19H22N2O3/c1-13-5-3-4-6-17(13)21-18(22)16(12-20)11-14-7-9-15(10-8-14)19(23)24-2/h7-11,13,17H,3-6H2,1-2H3,(H,21,22)/b16-11+/t13-,17-/m0/s1. The molecular weight excluding hydrogens is 304 g/mol. The van der Waals surface area contributed by atoms with Crippen LogP contribution in [0.25, 0.3) is 6.08 Å². The highest BCUT2D eigenvalue weighted by molar-refractivity contribution is 6.02. The smallest absolute Gasteiger partial charge is 0.337 e. The molecule has 0 unspecified atom stereocenters. The molecule has 5 heteroatoms. The van der Waals surface area contributed by atoms with Crippen LogP contribution in [0.4, 0.5) is 0 Å². The van der Waals surface area contributed by atoms with Crippen molar-refractivity contribution in [1.82, 2.24) is 5.32 Å². The molecule has 24 heavy (non-hydrogen) atoms. The molecule has 0 heterocycles. The van der Waals surface area contributed by atoms with Gasteiger partial charge in [-0.15, -0.1) is 0 Å². The van der Waals surface area contributed by atoms with Crippen molar-refractivity contribution in [1.29, 1.82) is 5.26 Å². The number of rotatable bonds is 4. The first kappa shape index (κ1) is 17.7. The molecule has 1 saturated carbocycles. The second kappa shape index (κ2) is 8.30. The van der Waals surface area contributed by atoms with Gasteiger partial charge in [0.15, 0.2) is 0 Å². The Morgan fingerprint density at radius 3 is 2.50 bits per heavy atom. The Balaban J connectivity index is 2.09. The van der Waals surface area contributed by atoms with E-state index in [1.54, 1.807) is 24.3 Å². The minimum Gasteiger partial charge on any atom is -0.465 e. The predicted molar refractivity (Wildman–Crippen MR) is 90.9 cm³/mol. The van der Waals surface area contributed by atoms with Gasteiger partial charge < -0.3 is 10.1 Å². The molecule has 1 amide bonds. The third kappa shape index (κ3) is 4.45. The molecule has 1 aromatic carbocycles. The Labute approximate surface area is 142 Å². The van der Waals surface area contributed by atoms with Crippen molar-refractivity contribution in [3.8, 4) is 6.07 Å². The van der Waals surface area contributed by atoms with Crippen molar-refractivity contribution in [2.75, 3.05) is 7.11 Å². The molecule has 126 valence electrons. The summed E-state index contributed by atoms with van der Waals surface area (Å²) in [6.07, 6.45) is 5.89. The molecule has 0 aliphatic heterocycles. The topological polar surface area (TPSA) is 79.2 Å². The molecule has 1 fully saturated rings. The first-order chi connectivity index (χ1) is 11.5. The van der Waals surface area contributed by atoms with E-state index in [0.29, 0.717) is 17.0 Å². The number of esters is 1. The maximum Gasteiger partial charge on any atom is 0.337 e. The lowest BCUT2D eigenvalue weighted by Crippen LogP contribution is -2.41. The molecule has 0 saturated heterocycles. The van der Waals surface area contributed by atoms with Gasteiger partial charge in [-0.25, -0.2) is 4.79 Å². The second-order valence-electron chi connectivity index (χ2n) is 6.13. The normalized spacial score (nSPS) is 20.8. The van der Waals surface area contributed by atoms with Crippen LogP contribution in [0, 0.1) is 17.2 Å². The van der Waals surface area contributed by atoms with Gasteiger partial charge in [0, 0.05) is 6.04 Å². The van der Waals surface area contributed by atoms with Crippen molar-refractivity contribution in [2.24, 2.45) is 5.92 Å². The van der Waals surface area contributed by atoms with Crippen LogP contribution in [0.3, 0.4) is 0 Å². The van der Waals surface area contributed by atoms with Crippen LogP contribution >= 0.6 is 0 Å². The van der Waals surface area contributed by atoms with Crippen molar-refractivity contribution in [2.45, 2.75) is 38.6 Å². The Morgan fingerprint density at radius 1 is 1.25 bits per heavy atom. The number of benzene rings is 1. The lowest BCUT2D eigenvalue weighted by Gasteiger charge is -2.29. The fourth-order valence-electron chi connectivity index (χ4n) is 2.93. The zero-order valence-electron chi connectivity index (χ0n) is 14.0. The molecule has 1 aliphatic rings. The number of carbonyl (C=O) groups is 2. The largest absolute Gasteiger partial charge is 0.465 e. The van der Waals surface area contributed by atoms with Gasteiger partial charge >= 0.3 is 5.97 Å².